The van der Waals surface area contributed by atoms with Crippen LogP contribution in [0.4, 0.5) is 11.6 Å². The quantitative estimate of drug-likeness (QED) is 0.792. The average molecular weight is 320 g/mol. The highest BCUT2D eigenvalue weighted by Crippen LogP contribution is 2.22. The van der Waals surface area contributed by atoms with E-state index in [1.54, 1.807) is 0 Å². The van der Waals surface area contributed by atoms with Gasteiger partial charge in [0.1, 0.15) is 0 Å². The standard InChI is InChI=1S/C19H20N4O/c1-3-7-15(8-4-1)18-21-19(22-24-18)20-16-11-13-23(14-12-16)17-9-5-2-6-10-17/h1-10,16H,11-14H2,(H,20,22). The molecule has 1 aliphatic rings. The molecule has 2 aromatic carbocycles. The molecule has 1 aliphatic heterocycles. The molecule has 4 rings (SSSR count). The second kappa shape index (κ2) is 6.74. The fourth-order valence-electron chi connectivity index (χ4n) is 3.08. The Kier molecular flexibility index (Phi) is 4.14. The van der Waals surface area contributed by atoms with Crippen molar-refractivity contribution >= 4 is 11.6 Å². The van der Waals surface area contributed by atoms with Crippen molar-refractivity contribution in [3.63, 3.8) is 0 Å². The maximum atomic E-state index is 5.35. The molecule has 0 aliphatic carbocycles. The molecule has 24 heavy (non-hydrogen) atoms. The third-order valence-electron chi connectivity index (χ3n) is 4.40. The van der Waals surface area contributed by atoms with Crippen LogP contribution in [0.3, 0.4) is 0 Å². The summed E-state index contributed by atoms with van der Waals surface area (Å²) in [6, 6.07) is 20.8. The van der Waals surface area contributed by atoms with Crippen molar-refractivity contribution in [2.24, 2.45) is 0 Å². The van der Waals surface area contributed by atoms with Crippen LogP contribution in [0.5, 0.6) is 0 Å². The molecule has 1 aromatic heterocycles. The molecule has 0 amide bonds. The first-order chi connectivity index (χ1) is 11.9. The summed E-state index contributed by atoms with van der Waals surface area (Å²) in [5.41, 5.74) is 2.24. The normalized spacial score (nSPS) is 15.4. The summed E-state index contributed by atoms with van der Waals surface area (Å²) in [7, 11) is 0. The molecule has 3 aromatic rings. The number of piperidine rings is 1. The second-order valence-electron chi connectivity index (χ2n) is 6.03. The lowest BCUT2D eigenvalue weighted by Gasteiger charge is -2.33. The zero-order valence-electron chi connectivity index (χ0n) is 13.4. The summed E-state index contributed by atoms with van der Waals surface area (Å²) in [5.74, 6) is 1.13. The van der Waals surface area contributed by atoms with E-state index in [1.807, 2.05) is 30.3 Å². The van der Waals surface area contributed by atoms with Crippen LogP contribution < -0.4 is 10.2 Å². The highest BCUT2D eigenvalue weighted by molar-refractivity contribution is 5.53. The van der Waals surface area contributed by atoms with Crippen LogP contribution in [0.15, 0.2) is 65.2 Å². The van der Waals surface area contributed by atoms with Gasteiger partial charge in [0.15, 0.2) is 0 Å². The Hall–Kier alpha value is -2.82. The Balaban J connectivity index is 1.35. The zero-order valence-corrected chi connectivity index (χ0v) is 13.4. The number of para-hydroxylation sites is 1. The molecule has 1 saturated heterocycles. The number of benzene rings is 2. The molecule has 5 nitrogen and oxygen atoms in total. The summed E-state index contributed by atoms with van der Waals surface area (Å²) in [4.78, 5) is 6.87. The molecule has 5 heteroatoms. The van der Waals surface area contributed by atoms with Crippen molar-refractivity contribution < 1.29 is 4.52 Å². The van der Waals surface area contributed by atoms with Crippen molar-refractivity contribution in [3.8, 4) is 11.5 Å². The molecule has 1 fully saturated rings. The van der Waals surface area contributed by atoms with E-state index in [-0.39, 0.29) is 0 Å². The summed E-state index contributed by atoms with van der Waals surface area (Å²) in [6.45, 7) is 2.07. The Morgan fingerprint density at radius 1 is 0.917 bits per heavy atom. The molecule has 0 bridgehead atoms. The van der Waals surface area contributed by atoms with Gasteiger partial charge in [0.2, 0.25) is 0 Å². The molecule has 0 saturated carbocycles. The van der Waals surface area contributed by atoms with Crippen LogP contribution >= 0.6 is 0 Å². The average Bonchev–Trinajstić information content (AvgIpc) is 3.12. The predicted molar refractivity (Wildman–Crippen MR) is 95.0 cm³/mol. The van der Waals surface area contributed by atoms with Crippen LogP contribution in [0, 0.1) is 0 Å². The molecule has 1 N–H and O–H groups in total. The Morgan fingerprint density at radius 2 is 1.58 bits per heavy atom. The van der Waals surface area contributed by atoms with E-state index in [9.17, 15) is 0 Å². The van der Waals surface area contributed by atoms with E-state index >= 15 is 0 Å². The summed E-state index contributed by atoms with van der Waals surface area (Å²) in [6.07, 6.45) is 2.12. The van der Waals surface area contributed by atoms with Crippen molar-refractivity contribution in [1.82, 2.24) is 10.1 Å². The Labute approximate surface area is 141 Å². The van der Waals surface area contributed by atoms with Gasteiger partial charge in [-0.15, -0.1) is 0 Å². The number of nitrogens with one attached hydrogen (secondary N) is 1. The van der Waals surface area contributed by atoms with E-state index in [0.717, 1.165) is 31.5 Å². The molecule has 0 radical (unpaired) electrons. The highest BCUT2D eigenvalue weighted by atomic mass is 16.5. The lowest BCUT2D eigenvalue weighted by molar-refractivity contribution is 0.429. The lowest BCUT2D eigenvalue weighted by atomic mass is 10.0. The van der Waals surface area contributed by atoms with Crippen LogP contribution in [0.2, 0.25) is 0 Å². The van der Waals surface area contributed by atoms with Gasteiger partial charge in [-0.25, -0.2) is 0 Å². The van der Waals surface area contributed by atoms with Gasteiger partial charge in [-0.05, 0) is 42.3 Å². The highest BCUT2D eigenvalue weighted by Gasteiger charge is 2.21. The van der Waals surface area contributed by atoms with E-state index in [2.05, 4.69) is 50.7 Å². The van der Waals surface area contributed by atoms with Crippen molar-refractivity contribution in [2.75, 3.05) is 23.3 Å². The minimum absolute atomic E-state index is 0.381. The molecule has 2 heterocycles. The van der Waals surface area contributed by atoms with Gasteiger partial charge >= 0.3 is 0 Å². The molecular formula is C19H20N4O. The smallest absolute Gasteiger partial charge is 0.263 e. The first-order valence-electron chi connectivity index (χ1n) is 8.34. The monoisotopic (exact) mass is 320 g/mol. The van der Waals surface area contributed by atoms with Gasteiger partial charge in [-0.1, -0.05) is 36.4 Å². The SMILES string of the molecule is c1ccc(-c2nc(NC3CCN(c4ccccc4)CC3)no2)cc1. The fraction of sp³-hybridized carbons (Fsp3) is 0.263. The van der Waals surface area contributed by atoms with Gasteiger partial charge in [0.25, 0.3) is 11.8 Å². The minimum atomic E-state index is 0.381. The number of hydrogen-bond donors (Lipinski definition) is 1. The number of aromatic nitrogens is 2. The topological polar surface area (TPSA) is 54.2 Å². The van der Waals surface area contributed by atoms with Gasteiger partial charge in [0, 0.05) is 30.4 Å². The van der Waals surface area contributed by atoms with E-state index in [0.29, 0.717) is 17.9 Å². The maximum absolute atomic E-state index is 5.35. The van der Waals surface area contributed by atoms with Gasteiger partial charge in [-0.2, -0.15) is 4.98 Å². The first kappa shape index (κ1) is 14.8. The van der Waals surface area contributed by atoms with Crippen LogP contribution in [0.1, 0.15) is 12.8 Å². The van der Waals surface area contributed by atoms with E-state index in [4.69, 9.17) is 4.52 Å². The van der Waals surface area contributed by atoms with Gasteiger partial charge < -0.3 is 14.7 Å². The summed E-state index contributed by atoms with van der Waals surface area (Å²) < 4.78 is 5.35. The van der Waals surface area contributed by atoms with Crippen LogP contribution in [0.25, 0.3) is 11.5 Å². The number of rotatable bonds is 4. The Bertz CT molecular complexity index is 764. The van der Waals surface area contributed by atoms with Crippen molar-refractivity contribution in [1.29, 1.82) is 0 Å². The van der Waals surface area contributed by atoms with Crippen LogP contribution in [-0.2, 0) is 0 Å². The predicted octanol–water partition coefficient (Wildman–Crippen LogP) is 3.82. The Morgan fingerprint density at radius 3 is 2.29 bits per heavy atom. The van der Waals surface area contributed by atoms with Crippen molar-refractivity contribution in [2.45, 2.75) is 18.9 Å². The van der Waals surface area contributed by atoms with Crippen molar-refractivity contribution in [3.05, 3.63) is 60.7 Å². The fourth-order valence-corrected chi connectivity index (χ4v) is 3.08. The molecular weight excluding hydrogens is 300 g/mol. The largest absolute Gasteiger partial charge is 0.371 e. The number of anilines is 2. The molecule has 0 unspecified atom stereocenters. The third kappa shape index (κ3) is 3.25. The van der Waals surface area contributed by atoms with Crippen LogP contribution in [-0.4, -0.2) is 29.3 Å². The first-order valence-corrected chi connectivity index (χ1v) is 8.34. The molecule has 0 atom stereocenters. The van der Waals surface area contributed by atoms with Gasteiger partial charge in [-0.3, -0.25) is 0 Å². The summed E-state index contributed by atoms with van der Waals surface area (Å²) >= 11 is 0. The number of hydrogen-bond acceptors (Lipinski definition) is 5. The maximum Gasteiger partial charge on any atom is 0.263 e. The number of nitrogens with zero attached hydrogens (tertiary/aromatic N) is 3. The molecule has 0 spiro atoms. The minimum Gasteiger partial charge on any atom is -0.371 e. The van der Waals surface area contributed by atoms with E-state index in [1.165, 1.54) is 5.69 Å². The third-order valence-corrected chi connectivity index (χ3v) is 4.40. The summed E-state index contributed by atoms with van der Waals surface area (Å²) in [5, 5.41) is 7.45. The second-order valence-corrected chi connectivity index (χ2v) is 6.03. The zero-order chi connectivity index (χ0) is 16.2. The van der Waals surface area contributed by atoms with Gasteiger partial charge in [0.05, 0.1) is 0 Å². The lowest BCUT2D eigenvalue weighted by Crippen LogP contribution is -2.39. The van der Waals surface area contributed by atoms with E-state index < -0.39 is 0 Å². The molecule has 122 valence electrons.